The van der Waals surface area contributed by atoms with Gasteiger partial charge in [-0.2, -0.15) is 0 Å². The maximum atomic E-state index is 12.5. The van der Waals surface area contributed by atoms with Crippen LogP contribution in [0.15, 0.2) is 40.9 Å². The van der Waals surface area contributed by atoms with Crippen LogP contribution in [0.1, 0.15) is 21.5 Å². The van der Waals surface area contributed by atoms with E-state index < -0.39 is 0 Å². The topological polar surface area (TPSA) is 72.2 Å². The molecule has 20 heavy (non-hydrogen) atoms. The third-order valence-electron chi connectivity index (χ3n) is 3.17. The average molecular weight is 331 g/mol. The zero-order valence-corrected chi connectivity index (χ0v) is 12.0. The molecule has 0 spiro atoms. The molecular weight excluding hydrogens is 320 g/mol. The number of nitrogen functional groups attached to an aromatic ring is 1. The summed E-state index contributed by atoms with van der Waals surface area (Å²) in [7, 11) is 0. The van der Waals surface area contributed by atoms with Gasteiger partial charge in [0.15, 0.2) is 5.78 Å². The predicted octanol–water partition coefficient (Wildman–Crippen LogP) is 2.76. The Morgan fingerprint density at radius 1 is 1.15 bits per heavy atom. The minimum Gasteiger partial charge on any atom is -0.399 e. The van der Waals surface area contributed by atoms with E-state index in [0.717, 1.165) is 15.7 Å². The second-order valence-corrected chi connectivity index (χ2v) is 5.61. The largest absolute Gasteiger partial charge is 0.399 e. The minimum absolute atomic E-state index is 0.0451. The molecule has 100 valence electrons. The van der Waals surface area contributed by atoms with Crippen LogP contribution in [-0.4, -0.2) is 11.7 Å². The number of carbonyl (C=O) groups is 2. The van der Waals surface area contributed by atoms with Crippen molar-refractivity contribution in [1.29, 1.82) is 0 Å². The van der Waals surface area contributed by atoms with Crippen molar-refractivity contribution in [3.05, 3.63) is 57.6 Å². The summed E-state index contributed by atoms with van der Waals surface area (Å²) in [6.45, 7) is 0. The van der Waals surface area contributed by atoms with Crippen LogP contribution in [0.4, 0.5) is 11.4 Å². The number of nitrogens with two attached hydrogens (primary N) is 1. The van der Waals surface area contributed by atoms with Crippen LogP contribution in [-0.2, 0) is 11.2 Å². The highest BCUT2D eigenvalue weighted by Crippen LogP contribution is 2.26. The number of amides is 1. The number of anilines is 2. The monoisotopic (exact) mass is 330 g/mol. The number of benzene rings is 2. The molecule has 0 bridgehead atoms. The lowest BCUT2D eigenvalue weighted by Gasteiger charge is -2.05. The number of hydrogen-bond donors (Lipinski definition) is 2. The van der Waals surface area contributed by atoms with Gasteiger partial charge in [-0.25, -0.2) is 0 Å². The average Bonchev–Trinajstić information content (AvgIpc) is 2.75. The van der Waals surface area contributed by atoms with Crippen molar-refractivity contribution in [3.8, 4) is 0 Å². The molecule has 5 heteroatoms. The van der Waals surface area contributed by atoms with E-state index in [-0.39, 0.29) is 11.7 Å². The van der Waals surface area contributed by atoms with E-state index in [1.54, 1.807) is 36.4 Å². The van der Waals surface area contributed by atoms with E-state index in [0.29, 0.717) is 23.2 Å². The van der Waals surface area contributed by atoms with Crippen molar-refractivity contribution in [2.75, 3.05) is 11.1 Å². The maximum absolute atomic E-state index is 12.5. The van der Waals surface area contributed by atoms with E-state index in [2.05, 4.69) is 21.2 Å². The lowest BCUT2D eigenvalue weighted by molar-refractivity contribution is -0.115. The van der Waals surface area contributed by atoms with Gasteiger partial charge in [-0.15, -0.1) is 0 Å². The molecule has 0 fully saturated rings. The zero-order chi connectivity index (χ0) is 14.3. The molecule has 0 aliphatic carbocycles. The van der Waals surface area contributed by atoms with Gasteiger partial charge in [0, 0.05) is 27.0 Å². The molecule has 2 aromatic rings. The first-order valence-corrected chi connectivity index (χ1v) is 6.86. The highest BCUT2D eigenvalue weighted by molar-refractivity contribution is 9.10. The minimum atomic E-state index is -0.111. The lowest BCUT2D eigenvalue weighted by atomic mass is 10.00. The summed E-state index contributed by atoms with van der Waals surface area (Å²) < 4.78 is 0.763. The number of nitrogens with one attached hydrogen (secondary N) is 1. The summed E-state index contributed by atoms with van der Waals surface area (Å²) in [4.78, 5) is 23.8. The van der Waals surface area contributed by atoms with Crippen LogP contribution >= 0.6 is 15.9 Å². The van der Waals surface area contributed by atoms with Gasteiger partial charge in [0.2, 0.25) is 5.91 Å². The molecule has 1 aliphatic heterocycles. The van der Waals surface area contributed by atoms with Crippen molar-refractivity contribution in [2.24, 2.45) is 0 Å². The van der Waals surface area contributed by atoms with E-state index >= 15 is 0 Å². The van der Waals surface area contributed by atoms with E-state index in [9.17, 15) is 9.59 Å². The molecule has 0 atom stereocenters. The first-order chi connectivity index (χ1) is 9.52. The van der Waals surface area contributed by atoms with Crippen molar-refractivity contribution in [1.82, 2.24) is 0 Å². The molecule has 1 aliphatic rings. The molecule has 0 radical (unpaired) electrons. The third-order valence-corrected chi connectivity index (χ3v) is 3.63. The second-order valence-electron chi connectivity index (χ2n) is 4.70. The van der Waals surface area contributed by atoms with Crippen LogP contribution < -0.4 is 11.1 Å². The van der Waals surface area contributed by atoms with Crippen LogP contribution in [0.2, 0.25) is 0 Å². The van der Waals surface area contributed by atoms with E-state index in [1.807, 2.05) is 0 Å². The summed E-state index contributed by atoms with van der Waals surface area (Å²) in [5.41, 5.74) is 8.98. The molecule has 1 amide bonds. The molecule has 1 heterocycles. The smallest absolute Gasteiger partial charge is 0.228 e. The van der Waals surface area contributed by atoms with Crippen molar-refractivity contribution < 1.29 is 9.59 Å². The fourth-order valence-electron chi connectivity index (χ4n) is 2.28. The Morgan fingerprint density at radius 3 is 2.70 bits per heavy atom. The van der Waals surface area contributed by atoms with Crippen molar-refractivity contribution in [3.63, 3.8) is 0 Å². The first-order valence-electron chi connectivity index (χ1n) is 6.06. The molecule has 0 unspecified atom stereocenters. The maximum Gasteiger partial charge on any atom is 0.228 e. The molecule has 0 saturated carbocycles. The molecule has 0 aromatic heterocycles. The van der Waals surface area contributed by atoms with Crippen LogP contribution in [0, 0.1) is 0 Å². The number of halogens is 1. The van der Waals surface area contributed by atoms with Gasteiger partial charge in [0.25, 0.3) is 0 Å². The summed E-state index contributed by atoms with van der Waals surface area (Å²) in [5, 5.41) is 2.74. The van der Waals surface area contributed by atoms with Gasteiger partial charge in [0.05, 0.1) is 6.42 Å². The normalized spacial score (nSPS) is 12.9. The Morgan fingerprint density at radius 2 is 1.95 bits per heavy atom. The van der Waals surface area contributed by atoms with Crippen molar-refractivity contribution >= 4 is 39.0 Å². The fourth-order valence-corrected chi connectivity index (χ4v) is 2.79. The summed E-state index contributed by atoms with van der Waals surface area (Å²) in [6, 6.07) is 10.3. The molecule has 3 N–H and O–H groups in total. The highest BCUT2D eigenvalue weighted by atomic mass is 79.9. The number of hydrogen-bond acceptors (Lipinski definition) is 3. The fraction of sp³-hybridized carbons (Fsp3) is 0.0667. The van der Waals surface area contributed by atoms with Gasteiger partial charge in [-0.3, -0.25) is 9.59 Å². The summed E-state index contributed by atoms with van der Waals surface area (Å²) in [6.07, 6.45) is 0.317. The second kappa shape index (κ2) is 4.76. The summed E-state index contributed by atoms with van der Waals surface area (Å²) in [5.74, 6) is -0.156. The van der Waals surface area contributed by atoms with Crippen LogP contribution in [0.3, 0.4) is 0 Å². The molecule has 0 saturated heterocycles. The lowest BCUT2D eigenvalue weighted by Crippen LogP contribution is -2.03. The van der Waals surface area contributed by atoms with Crippen LogP contribution in [0.5, 0.6) is 0 Å². The summed E-state index contributed by atoms with van der Waals surface area (Å²) >= 11 is 3.32. The Labute approximate surface area is 124 Å². The molecule has 2 aromatic carbocycles. The third kappa shape index (κ3) is 2.32. The highest BCUT2D eigenvalue weighted by Gasteiger charge is 2.19. The van der Waals surface area contributed by atoms with E-state index in [4.69, 9.17) is 5.73 Å². The van der Waals surface area contributed by atoms with Gasteiger partial charge in [-0.05, 0) is 42.0 Å². The van der Waals surface area contributed by atoms with Gasteiger partial charge >= 0.3 is 0 Å². The van der Waals surface area contributed by atoms with Crippen molar-refractivity contribution in [2.45, 2.75) is 6.42 Å². The molecule has 3 rings (SSSR count). The van der Waals surface area contributed by atoms with Crippen LogP contribution in [0.25, 0.3) is 0 Å². The Bertz CT molecular complexity index is 720. The Hall–Kier alpha value is -2.14. The number of carbonyl (C=O) groups excluding carboxylic acids is 2. The predicted molar refractivity (Wildman–Crippen MR) is 80.8 cm³/mol. The van der Waals surface area contributed by atoms with Gasteiger partial charge < -0.3 is 11.1 Å². The Balaban J connectivity index is 1.99. The first kappa shape index (κ1) is 12.9. The van der Waals surface area contributed by atoms with Gasteiger partial charge in [0.1, 0.15) is 0 Å². The van der Waals surface area contributed by atoms with E-state index in [1.165, 1.54) is 0 Å². The molecule has 4 nitrogen and oxygen atoms in total. The number of rotatable bonds is 2. The zero-order valence-electron chi connectivity index (χ0n) is 10.4. The standard InChI is InChI=1S/C15H11BrN2O2/c16-11-4-10(5-12(17)7-11)15(20)8-1-2-13-9(3-8)6-14(19)18-13/h1-5,7H,6,17H2,(H,18,19). The van der Waals surface area contributed by atoms with Gasteiger partial charge in [-0.1, -0.05) is 15.9 Å². The SMILES string of the molecule is Nc1cc(Br)cc(C(=O)c2ccc3c(c2)CC(=O)N3)c1. The number of fused-ring (bicyclic) bond motifs is 1. The Kier molecular flexibility index (Phi) is 3.06. The number of ketones is 1. The molecular formula is C15H11BrN2O2. The quantitative estimate of drug-likeness (QED) is 0.657.